The number of allylic oxidation sites excluding steroid dienone is 1. The molecule has 0 fully saturated rings. The number of carbonyl (C=O) groups excluding carboxylic acids is 2. The van der Waals surface area contributed by atoms with Gasteiger partial charge in [0.2, 0.25) is 5.91 Å². The van der Waals surface area contributed by atoms with Crippen molar-refractivity contribution in [2.45, 2.75) is 11.7 Å². The van der Waals surface area contributed by atoms with Gasteiger partial charge in [-0.25, -0.2) is 4.79 Å². The Balaban J connectivity index is 1.52. The number of benzene rings is 2. The van der Waals surface area contributed by atoms with Crippen LogP contribution in [0.2, 0.25) is 5.02 Å². The molecule has 0 bridgehead atoms. The van der Waals surface area contributed by atoms with E-state index >= 15 is 0 Å². The van der Waals surface area contributed by atoms with Gasteiger partial charge in [0.15, 0.2) is 11.0 Å². The van der Waals surface area contributed by atoms with Crippen molar-refractivity contribution in [3.63, 3.8) is 0 Å². The Bertz CT molecular complexity index is 1370. The molecule has 4 aromatic rings. The number of aromatic nitrogens is 3. The second kappa shape index (κ2) is 11.4. The highest BCUT2D eigenvalue weighted by molar-refractivity contribution is 7.99. The maximum absolute atomic E-state index is 12.8. The molecule has 0 saturated heterocycles. The molecular weight excluding hydrogens is 504 g/mol. The van der Waals surface area contributed by atoms with Crippen LogP contribution in [0.25, 0.3) is 22.5 Å². The molecule has 0 aliphatic rings. The van der Waals surface area contributed by atoms with Crippen molar-refractivity contribution in [3.05, 3.63) is 83.2 Å². The van der Waals surface area contributed by atoms with Gasteiger partial charge < -0.3 is 10.1 Å². The first-order valence-electron chi connectivity index (χ1n) is 10.5. The van der Waals surface area contributed by atoms with Gasteiger partial charge in [0.05, 0.1) is 12.9 Å². The summed E-state index contributed by atoms with van der Waals surface area (Å²) in [5, 5.41) is 14.8. The minimum Gasteiger partial charge on any atom is -0.465 e. The van der Waals surface area contributed by atoms with Crippen molar-refractivity contribution in [2.75, 3.05) is 18.2 Å². The van der Waals surface area contributed by atoms with Gasteiger partial charge in [0, 0.05) is 28.1 Å². The van der Waals surface area contributed by atoms with E-state index in [0.29, 0.717) is 38.7 Å². The van der Waals surface area contributed by atoms with Gasteiger partial charge in [-0.3, -0.25) is 9.36 Å². The zero-order valence-corrected chi connectivity index (χ0v) is 21.1. The first-order valence-corrected chi connectivity index (χ1v) is 12.7. The summed E-state index contributed by atoms with van der Waals surface area (Å²) in [4.78, 5) is 25.3. The lowest BCUT2D eigenvalue weighted by molar-refractivity contribution is -0.113. The Kier molecular flexibility index (Phi) is 8.02. The third-order valence-electron chi connectivity index (χ3n) is 4.96. The molecule has 0 radical (unpaired) electrons. The van der Waals surface area contributed by atoms with Crippen molar-refractivity contribution in [1.29, 1.82) is 0 Å². The summed E-state index contributed by atoms with van der Waals surface area (Å²) in [5.74, 6) is -0.0812. The van der Waals surface area contributed by atoms with E-state index in [9.17, 15) is 9.59 Å². The minimum atomic E-state index is -0.509. The number of nitrogens with zero attached hydrogens (tertiary/aromatic N) is 3. The third-order valence-corrected chi connectivity index (χ3v) is 7.06. The molecule has 2 heterocycles. The topological polar surface area (TPSA) is 86.1 Å². The van der Waals surface area contributed by atoms with Crippen LogP contribution in [-0.2, 0) is 16.1 Å². The monoisotopic (exact) mass is 524 g/mol. The van der Waals surface area contributed by atoms with Gasteiger partial charge in [0.1, 0.15) is 10.6 Å². The fourth-order valence-corrected chi connectivity index (χ4v) is 5.32. The predicted octanol–water partition coefficient (Wildman–Crippen LogP) is 6.03. The molecule has 4 rings (SSSR count). The van der Waals surface area contributed by atoms with Crippen molar-refractivity contribution in [1.82, 2.24) is 14.8 Å². The predicted molar refractivity (Wildman–Crippen MR) is 141 cm³/mol. The molecule has 0 spiro atoms. The van der Waals surface area contributed by atoms with Gasteiger partial charge in [-0.15, -0.1) is 28.1 Å². The van der Waals surface area contributed by atoms with E-state index in [0.717, 1.165) is 11.1 Å². The van der Waals surface area contributed by atoms with Crippen LogP contribution in [0.5, 0.6) is 0 Å². The number of thioether (sulfide) groups is 1. The number of nitrogens with one attached hydrogen (secondary N) is 1. The normalized spacial score (nSPS) is 10.7. The second-order valence-corrected chi connectivity index (χ2v) is 9.52. The zero-order chi connectivity index (χ0) is 24.8. The van der Waals surface area contributed by atoms with E-state index in [1.165, 1.54) is 30.2 Å². The molecule has 0 aliphatic carbocycles. The summed E-state index contributed by atoms with van der Waals surface area (Å²) >= 11 is 8.65. The number of carbonyl (C=O) groups is 2. The summed E-state index contributed by atoms with van der Waals surface area (Å²) in [6.07, 6.45) is 1.74. The number of amides is 1. The average Bonchev–Trinajstić information content (AvgIpc) is 3.47. The van der Waals surface area contributed by atoms with Gasteiger partial charge >= 0.3 is 5.97 Å². The third kappa shape index (κ3) is 5.64. The molecule has 2 aromatic carbocycles. The van der Waals surface area contributed by atoms with Crippen LogP contribution in [0, 0.1) is 0 Å². The molecule has 0 unspecified atom stereocenters. The van der Waals surface area contributed by atoms with Crippen LogP contribution in [0.1, 0.15) is 10.4 Å². The van der Waals surface area contributed by atoms with Gasteiger partial charge in [-0.1, -0.05) is 71.9 Å². The number of hydrogen-bond acceptors (Lipinski definition) is 7. The number of rotatable bonds is 9. The summed E-state index contributed by atoms with van der Waals surface area (Å²) < 4.78 is 6.85. The fourth-order valence-electron chi connectivity index (χ4n) is 3.41. The van der Waals surface area contributed by atoms with Crippen molar-refractivity contribution in [3.8, 4) is 22.5 Å². The molecule has 0 saturated carbocycles. The summed E-state index contributed by atoms with van der Waals surface area (Å²) in [5.41, 5.74) is 2.73. The molecule has 2 aromatic heterocycles. The largest absolute Gasteiger partial charge is 0.465 e. The quantitative estimate of drug-likeness (QED) is 0.163. The zero-order valence-electron chi connectivity index (χ0n) is 18.7. The molecule has 0 aliphatic heterocycles. The summed E-state index contributed by atoms with van der Waals surface area (Å²) in [6, 6.07) is 16.8. The van der Waals surface area contributed by atoms with E-state index in [-0.39, 0.29) is 11.7 Å². The molecule has 0 atom stereocenters. The Morgan fingerprint density at radius 2 is 1.94 bits per heavy atom. The van der Waals surface area contributed by atoms with Crippen LogP contribution < -0.4 is 5.32 Å². The van der Waals surface area contributed by atoms with E-state index < -0.39 is 5.97 Å². The highest BCUT2D eigenvalue weighted by atomic mass is 35.5. The molecule has 178 valence electrons. The molecular formula is C25H21ClN4O3S2. The lowest BCUT2D eigenvalue weighted by Gasteiger charge is -2.09. The molecule has 10 heteroatoms. The van der Waals surface area contributed by atoms with Crippen LogP contribution >= 0.6 is 34.7 Å². The fraction of sp³-hybridized carbons (Fsp3) is 0.120. The lowest BCUT2D eigenvalue weighted by Crippen LogP contribution is -2.16. The van der Waals surface area contributed by atoms with Crippen LogP contribution in [0.3, 0.4) is 0 Å². The summed E-state index contributed by atoms with van der Waals surface area (Å²) in [7, 11) is 1.32. The summed E-state index contributed by atoms with van der Waals surface area (Å²) in [6.45, 7) is 4.28. The molecule has 7 nitrogen and oxygen atoms in total. The Labute approximate surface area is 215 Å². The van der Waals surface area contributed by atoms with Crippen molar-refractivity contribution < 1.29 is 14.3 Å². The lowest BCUT2D eigenvalue weighted by atomic mass is 10.0. The van der Waals surface area contributed by atoms with Gasteiger partial charge in [-0.2, -0.15) is 0 Å². The average molecular weight is 525 g/mol. The number of thiophene rings is 1. The van der Waals surface area contributed by atoms with Crippen LogP contribution in [0.4, 0.5) is 5.00 Å². The highest BCUT2D eigenvalue weighted by Crippen LogP contribution is 2.36. The van der Waals surface area contributed by atoms with Crippen molar-refractivity contribution in [2.24, 2.45) is 0 Å². The first kappa shape index (κ1) is 24.7. The maximum atomic E-state index is 12.8. The van der Waals surface area contributed by atoms with E-state index in [4.69, 9.17) is 16.3 Å². The van der Waals surface area contributed by atoms with Crippen LogP contribution in [-0.4, -0.2) is 39.5 Å². The van der Waals surface area contributed by atoms with Gasteiger partial charge in [-0.05, 0) is 17.7 Å². The molecule has 35 heavy (non-hydrogen) atoms. The standard InChI is InChI=1S/C25H21ClN4O3S2/c1-3-12-30-22(17-10-7-11-18(26)13-17)28-29-25(30)35-15-20(31)27-23-21(24(32)33-2)19(14-34-23)16-8-5-4-6-9-16/h3-11,13-14H,1,12,15H2,2H3,(H,27,31). The smallest absolute Gasteiger partial charge is 0.341 e. The minimum absolute atomic E-state index is 0.0734. The maximum Gasteiger partial charge on any atom is 0.341 e. The Morgan fingerprint density at radius 1 is 1.17 bits per heavy atom. The first-order chi connectivity index (χ1) is 17.0. The van der Waals surface area contributed by atoms with E-state index in [1.807, 2.05) is 58.5 Å². The number of halogens is 1. The molecule has 1 N–H and O–H groups in total. The Morgan fingerprint density at radius 3 is 2.66 bits per heavy atom. The number of methoxy groups -OCH3 is 1. The van der Waals surface area contributed by atoms with Gasteiger partial charge in [0.25, 0.3) is 0 Å². The number of esters is 1. The number of hydrogen-bond donors (Lipinski definition) is 1. The van der Waals surface area contributed by atoms with E-state index in [1.54, 1.807) is 12.1 Å². The Hall–Kier alpha value is -3.40. The van der Waals surface area contributed by atoms with Crippen LogP contribution in [0.15, 0.2) is 77.8 Å². The number of anilines is 1. The highest BCUT2D eigenvalue weighted by Gasteiger charge is 2.23. The van der Waals surface area contributed by atoms with E-state index in [2.05, 4.69) is 22.1 Å². The molecule has 1 amide bonds. The number of ether oxygens (including phenoxy) is 1. The SMILES string of the molecule is C=CCn1c(SCC(=O)Nc2scc(-c3ccccc3)c2C(=O)OC)nnc1-c1cccc(Cl)c1. The van der Waals surface area contributed by atoms with Crippen molar-refractivity contribution >= 4 is 51.6 Å². The second-order valence-electron chi connectivity index (χ2n) is 7.26.